The summed E-state index contributed by atoms with van der Waals surface area (Å²) in [5.41, 5.74) is 1.17. The van der Waals surface area contributed by atoms with Crippen molar-refractivity contribution in [3.63, 3.8) is 0 Å². The second-order valence-corrected chi connectivity index (χ2v) is 10.8. The molecule has 1 amide bonds. The van der Waals surface area contributed by atoms with Crippen LogP contribution in [0.15, 0.2) is 53.0 Å². The van der Waals surface area contributed by atoms with Crippen molar-refractivity contribution in [2.45, 2.75) is 63.0 Å². The van der Waals surface area contributed by atoms with Crippen LogP contribution in [0.5, 0.6) is 0 Å². The molecule has 2 fully saturated rings. The molecule has 0 N–H and O–H groups in total. The average molecular weight is 483 g/mol. The molecule has 5 rings (SSSR count). The van der Waals surface area contributed by atoms with Crippen molar-refractivity contribution in [2.24, 2.45) is 5.92 Å². The fourth-order valence-electron chi connectivity index (χ4n) is 4.42. The molecule has 2 unspecified atom stereocenters. The standard InChI is InChI=1S/C25H30N4O2S2/c1-18(20-11-12-20)28(15-19-7-3-2-4-8-19)23(30)17-33-25-27-26-24(22-10-6-14-32-22)29(25)16-21-9-5-13-31-21/h2-4,6-8,10,14,18,20-21H,5,9,11-13,15-17H2,1H3. The minimum absolute atomic E-state index is 0.160. The van der Waals surface area contributed by atoms with E-state index in [4.69, 9.17) is 4.74 Å². The lowest BCUT2D eigenvalue weighted by Gasteiger charge is -2.29. The molecule has 6 nitrogen and oxygen atoms in total. The summed E-state index contributed by atoms with van der Waals surface area (Å²) in [6.45, 7) is 4.39. The molecule has 0 bridgehead atoms. The van der Waals surface area contributed by atoms with E-state index in [2.05, 4.69) is 50.2 Å². The number of carbonyl (C=O) groups excluding carboxylic acids is 1. The minimum atomic E-state index is 0.160. The maximum absolute atomic E-state index is 13.4. The summed E-state index contributed by atoms with van der Waals surface area (Å²) in [4.78, 5) is 16.6. The zero-order valence-electron chi connectivity index (χ0n) is 18.9. The number of thiophene rings is 1. The number of ether oxygens (including phenoxy) is 1. The van der Waals surface area contributed by atoms with E-state index in [1.807, 2.05) is 24.3 Å². The fraction of sp³-hybridized carbons (Fsp3) is 0.480. The van der Waals surface area contributed by atoms with Crippen LogP contribution in [-0.4, -0.2) is 50.1 Å². The van der Waals surface area contributed by atoms with E-state index in [1.54, 1.807) is 11.3 Å². The number of amides is 1. The Balaban J connectivity index is 1.32. The van der Waals surface area contributed by atoms with Gasteiger partial charge in [0.25, 0.3) is 0 Å². The first kappa shape index (κ1) is 22.6. The predicted octanol–water partition coefficient (Wildman–Crippen LogP) is 5.11. The summed E-state index contributed by atoms with van der Waals surface area (Å²) in [7, 11) is 0. The van der Waals surface area contributed by atoms with Gasteiger partial charge in [0, 0.05) is 19.2 Å². The number of nitrogens with zero attached hydrogens (tertiary/aromatic N) is 4. The highest BCUT2D eigenvalue weighted by Crippen LogP contribution is 2.36. The summed E-state index contributed by atoms with van der Waals surface area (Å²) in [5.74, 6) is 2.00. The lowest BCUT2D eigenvalue weighted by Crippen LogP contribution is -2.40. The van der Waals surface area contributed by atoms with E-state index < -0.39 is 0 Å². The summed E-state index contributed by atoms with van der Waals surface area (Å²) in [5, 5.41) is 11.8. The van der Waals surface area contributed by atoms with Crippen molar-refractivity contribution in [1.82, 2.24) is 19.7 Å². The molecule has 2 aromatic heterocycles. The second kappa shape index (κ2) is 10.4. The van der Waals surface area contributed by atoms with E-state index in [0.717, 1.165) is 41.9 Å². The van der Waals surface area contributed by atoms with Crippen molar-refractivity contribution in [2.75, 3.05) is 12.4 Å². The molecule has 2 atom stereocenters. The fourth-order valence-corrected chi connectivity index (χ4v) is 5.97. The van der Waals surface area contributed by atoms with E-state index in [1.165, 1.54) is 30.2 Å². The maximum Gasteiger partial charge on any atom is 0.233 e. The lowest BCUT2D eigenvalue weighted by atomic mass is 10.1. The first-order valence-corrected chi connectivity index (χ1v) is 13.6. The third-order valence-electron chi connectivity index (χ3n) is 6.51. The van der Waals surface area contributed by atoms with E-state index in [-0.39, 0.29) is 18.1 Å². The Morgan fingerprint density at radius 3 is 2.76 bits per heavy atom. The Morgan fingerprint density at radius 2 is 2.06 bits per heavy atom. The third kappa shape index (κ3) is 5.50. The first-order chi connectivity index (χ1) is 16.2. The zero-order valence-corrected chi connectivity index (χ0v) is 20.6. The van der Waals surface area contributed by atoms with Gasteiger partial charge in [-0.3, -0.25) is 9.36 Å². The molecule has 3 aromatic rings. The van der Waals surface area contributed by atoms with Gasteiger partial charge in [-0.2, -0.15) is 0 Å². The van der Waals surface area contributed by atoms with Crippen LogP contribution in [0, 0.1) is 5.92 Å². The summed E-state index contributed by atoms with van der Waals surface area (Å²) in [6, 6.07) is 14.6. The Morgan fingerprint density at radius 1 is 1.21 bits per heavy atom. The molecular formula is C25H30N4O2S2. The monoisotopic (exact) mass is 482 g/mol. The van der Waals surface area contributed by atoms with Gasteiger partial charge >= 0.3 is 0 Å². The normalized spacial score (nSPS) is 19.0. The summed E-state index contributed by atoms with van der Waals surface area (Å²) < 4.78 is 8.04. The van der Waals surface area contributed by atoms with Crippen LogP contribution in [0.4, 0.5) is 0 Å². The molecule has 2 aliphatic rings. The van der Waals surface area contributed by atoms with Gasteiger partial charge in [-0.25, -0.2) is 0 Å². The van der Waals surface area contributed by atoms with Gasteiger partial charge in [0.1, 0.15) is 0 Å². The predicted molar refractivity (Wildman–Crippen MR) is 132 cm³/mol. The average Bonchev–Trinajstić information content (AvgIpc) is 3.20. The molecule has 174 valence electrons. The van der Waals surface area contributed by atoms with Crippen molar-refractivity contribution < 1.29 is 9.53 Å². The van der Waals surface area contributed by atoms with E-state index in [9.17, 15) is 4.79 Å². The van der Waals surface area contributed by atoms with E-state index >= 15 is 0 Å². The topological polar surface area (TPSA) is 60.2 Å². The zero-order chi connectivity index (χ0) is 22.6. The Hall–Kier alpha value is -2.16. The summed E-state index contributed by atoms with van der Waals surface area (Å²) >= 11 is 3.15. The van der Waals surface area contributed by atoms with Crippen LogP contribution in [0.1, 0.15) is 38.2 Å². The highest BCUT2D eigenvalue weighted by Gasteiger charge is 2.34. The van der Waals surface area contributed by atoms with Crippen LogP contribution in [0.2, 0.25) is 0 Å². The number of hydrogen-bond donors (Lipinski definition) is 0. The molecule has 1 aliphatic heterocycles. The molecule has 1 saturated carbocycles. The van der Waals surface area contributed by atoms with Crippen LogP contribution >= 0.6 is 23.1 Å². The largest absolute Gasteiger partial charge is 0.376 e. The third-order valence-corrected chi connectivity index (χ3v) is 8.32. The van der Waals surface area contributed by atoms with Crippen LogP contribution in [0.25, 0.3) is 10.7 Å². The first-order valence-electron chi connectivity index (χ1n) is 11.7. The number of thioether (sulfide) groups is 1. The van der Waals surface area contributed by atoms with Crippen LogP contribution < -0.4 is 0 Å². The number of hydrogen-bond acceptors (Lipinski definition) is 6. The van der Waals surface area contributed by atoms with Crippen LogP contribution in [0.3, 0.4) is 0 Å². The molecule has 0 radical (unpaired) electrons. The Kier molecular flexibility index (Phi) is 7.13. The number of benzene rings is 1. The maximum atomic E-state index is 13.4. The Bertz CT molecular complexity index is 1040. The highest BCUT2D eigenvalue weighted by molar-refractivity contribution is 7.99. The highest BCUT2D eigenvalue weighted by atomic mass is 32.2. The smallest absolute Gasteiger partial charge is 0.233 e. The van der Waals surface area contributed by atoms with Crippen molar-refractivity contribution in [3.05, 3.63) is 53.4 Å². The van der Waals surface area contributed by atoms with Gasteiger partial charge in [-0.15, -0.1) is 21.5 Å². The quantitative estimate of drug-likeness (QED) is 0.376. The number of carbonyl (C=O) groups is 1. The van der Waals surface area contributed by atoms with E-state index in [0.29, 0.717) is 18.2 Å². The van der Waals surface area contributed by atoms with Crippen molar-refractivity contribution in [3.8, 4) is 10.7 Å². The van der Waals surface area contributed by atoms with Gasteiger partial charge < -0.3 is 9.64 Å². The van der Waals surface area contributed by atoms with Gasteiger partial charge in [0.15, 0.2) is 11.0 Å². The number of aromatic nitrogens is 3. The van der Waals surface area contributed by atoms with Crippen molar-refractivity contribution >= 4 is 29.0 Å². The molecular weight excluding hydrogens is 452 g/mol. The lowest BCUT2D eigenvalue weighted by molar-refractivity contribution is -0.131. The minimum Gasteiger partial charge on any atom is -0.376 e. The molecule has 3 heterocycles. The van der Waals surface area contributed by atoms with Gasteiger partial charge in [-0.1, -0.05) is 48.2 Å². The molecule has 1 aromatic carbocycles. The molecule has 8 heteroatoms. The van der Waals surface area contributed by atoms with Gasteiger partial charge in [-0.05, 0) is 55.5 Å². The molecule has 33 heavy (non-hydrogen) atoms. The van der Waals surface area contributed by atoms with Crippen molar-refractivity contribution in [1.29, 1.82) is 0 Å². The van der Waals surface area contributed by atoms with Gasteiger partial charge in [0.2, 0.25) is 5.91 Å². The molecule has 0 spiro atoms. The molecule has 1 saturated heterocycles. The SMILES string of the molecule is CC(C1CC1)N(Cc1ccccc1)C(=O)CSc1nnc(-c2cccs2)n1CC1CCCO1. The van der Waals surface area contributed by atoms with Gasteiger partial charge in [0.05, 0.1) is 23.3 Å². The number of rotatable bonds is 10. The Labute approximate surface area is 203 Å². The molecule has 1 aliphatic carbocycles. The second-order valence-electron chi connectivity index (χ2n) is 8.90. The summed E-state index contributed by atoms with van der Waals surface area (Å²) in [6.07, 6.45) is 4.75. The van der Waals surface area contributed by atoms with Crippen LogP contribution in [-0.2, 0) is 22.6 Å².